The van der Waals surface area contributed by atoms with Gasteiger partial charge >= 0.3 is 0 Å². The number of thioether (sulfide) groups is 1. The maximum atomic E-state index is 10.2. The van der Waals surface area contributed by atoms with Crippen LogP contribution < -0.4 is 9.47 Å². The molecule has 1 N–H and O–H groups in total. The van der Waals surface area contributed by atoms with Crippen LogP contribution in [0, 0.1) is 0 Å². The molecule has 3 nitrogen and oxygen atoms in total. The fourth-order valence-corrected chi connectivity index (χ4v) is 2.47. The van der Waals surface area contributed by atoms with Crippen LogP contribution in [0.5, 0.6) is 11.5 Å². The zero-order valence-electron chi connectivity index (χ0n) is 9.74. The average Bonchev–Trinajstić information content (AvgIpc) is 3.06. The molecule has 0 spiro atoms. The van der Waals surface area contributed by atoms with Crippen LogP contribution in [0.25, 0.3) is 0 Å². The van der Waals surface area contributed by atoms with Gasteiger partial charge in [-0.3, -0.25) is 0 Å². The Hall–Kier alpha value is -0.870. The van der Waals surface area contributed by atoms with Crippen molar-refractivity contribution in [3.63, 3.8) is 0 Å². The molecule has 0 bridgehead atoms. The quantitative estimate of drug-likeness (QED) is 0.820. The Labute approximate surface area is 99.8 Å². The molecule has 16 heavy (non-hydrogen) atoms. The zero-order chi connectivity index (χ0) is 11.8. The third-order valence-electron chi connectivity index (χ3n) is 2.93. The molecule has 0 radical (unpaired) electrons. The molecule has 1 saturated carbocycles. The maximum absolute atomic E-state index is 10.2. The van der Waals surface area contributed by atoms with Gasteiger partial charge in [0.1, 0.15) is 0 Å². The van der Waals surface area contributed by atoms with Crippen LogP contribution in [0.3, 0.4) is 0 Å². The van der Waals surface area contributed by atoms with Crippen LogP contribution in [0.15, 0.2) is 17.0 Å². The minimum Gasteiger partial charge on any atom is -0.493 e. The topological polar surface area (TPSA) is 38.7 Å². The van der Waals surface area contributed by atoms with Crippen LogP contribution in [0.1, 0.15) is 18.4 Å². The molecular formula is C12H16O3S. The molecule has 4 heteroatoms. The third kappa shape index (κ3) is 1.87. The minimum absolute atomic E-state index is 0.641. The van der Waals surface area contributed by atoms with Gasteiger partial charge in [0.05, 0.1) is 19.8 Å². The highest BCUT2D eigenvalue weighted by Crippen LogP contribution is 2.50. The molecular weight excluding hydrogens is 224 g/mol. The Morgan fingerprint density at radius 2 is 1.75 bits per heavy atom. The first-order valence-electron chi connectivity index (χ1n) is 5.17. The summed E-state index contributed by atoms with van der Waals surface area (Å²) in [4.78, 5) is 1.05. The summed E-state index contributed by atoms with van der Waals surface area (Å²) in [7, 11) is 3.23. The van der Waals surface area contributed by atoms with Crippen molar-refractivity contribution in [2.75, 3.05) is 20.5 Å². The van der Waals surface area contributed by atoms with Gasteiger partial charge in [-0.2, -0.15) is 0 Å². The molecule has 1 fully saturated rings. The van der Waals surface area contributed by atoms with E-state index in [4.69, 9.17) is 9.47 Å². The first-order valence-corrected chi connectivity index (χ1v) is 6.40. The molecule has 1 aromatic carbocycles. The van der Waals surface area contributed by atoms with Crippen molar-refractivity contribution in [3.05, 3.63) is 17.7 Å². The lowest BCUT2D eigenvalue weighted by molar-refractivity contribution is 0.148. The second-order valence-corrected chi connectivity index (χ2v) is 4.79. The second kappa shape index (κ2) is 4.18. The number of methoxy groups -OCH3 is 2. The number of hydrogen-bond acceptors (Lipinski definition) is 4. The minimum atomic E-state index is -0.641. The van der Waals surface area contributed by atoms with Crippen molar-refractivity contribution in [3.8, 4) is 11.5 Å². The van der Waals surface area contributed by atoms with Gasteiger partial charge in [0.25, 0.3) is 0 Å². The molecule has 2 rings (SSSR count). The van der Waals surface area contributed by atoms with Gasteiger partial charge in [0, 0.05) is 10.5 Å². The molecule has 1 aliphatic rings. The van der Waals surface area contributed by atoms with E-state index in [0.717, 1.165) is 23.3 Å². The van der Waals surface area contributed by atoms with Crippen LogP contribution >= 0.6 is 11.8 Å². The fraction of sp³-hybridized carbons (Fsp3) is 0.500. The second-order valence-electron chi connectivity index (χ2n) is 3.94. The van der Waals surface area contributed by atoms with E-state index in [1.807, 2.05) is 18.4 Å². The summed E-state index contributed by atoms with van der Waals surface area (Å²) < 4.78 is 10.5. The molecule has 0 unspecified atom stereocenters. The summed E-state index contributed by atoms with van der Waals surface area (Å²) in [6.45, 7) is 0. The lowest BCUT2D eigenvalue weighted by Gasteiger charge is -2.16. The van der Waals surface area contributed by atoms with E-state index in [-0.39, 0.29) is 0 Å². The lowest BCUT2D eigenvalue weighted by Crippen LogP contribution is -2.07. The first kappa shape index (κ1) is 11.6. The third-order valence-corrected chi connectivity index (χ3v) is 3.71. The molecule has 0 atom stereocenters. The summed E-state index contributed by atoms with van der Waals surface area (Å²) >= 11 is 1.62. The monoisotopic (exact) mass is 240 g/mol. The van der Waals surface area contributed by atoms with Crippen LogP contribution in [-0.4, -0.2) is 25.6 Å². The lowest BCUT2D eigenvalue weighted by atomic mass is 10.1. The summed E-state index contributed by atoms with van der Waals surface area (Å²) in [5.41, 5.74) is 0.315. The number of ether oxygens (including phenoxy) is 2. The Balaban J connectivity index is 2.51. The first-order chi connectivity index (χ1) is 7.64. The summed E-state index contributed by atoms with van der Waals surface area (Å²) in [6, 6.07) is 3.81. The summed E-state index contributed by atoms with van der Waals surface area (Å²) in [5.74, 6) is 1.38. The van der Waals surface area contributed by atoms with E-state index in [1.165, 1.54) is 0 Å². The summed E-state index contributed by atoms with van der Waals surface area (Å²) in [6.07, 6.45) is 3.66. The van der Waals surface area contributed by atoms with E-state index < -0.39 is 5.60 Å². The highest BCUT2D eigenvalue weighted by atomic mass is 32.2. The van der Waals surface area contributed by atoms with Gasteiger partial charge in [-0.25, -0.2) is 0 Å². The van der Waals surface area contributed by atoms with E-state index >= 15 is 0 Å². The predicted molar refractivity (Wildman–Crippen MR) is 64.5 cm³/mol. The van der Waals surface area contributed by atoms with E-state index in [9.17, 15) is 5.11 Å². The Morgan fingerprint density at radius 3 is 2.19 bits per heavy atom. The average molecular weight is 240 g/mol. The standard InChI is InChI=1S/C12H16O3S/c1-14-9-6-8(12(13)4-5-12)11(16-3)7-10(9)15-2/h6-7,13H,4-5H2,1-3H3. The van der Waals surface area contributed by atoms with E-state index in [0.29, 0.717) is 11.5 Å². The fourth-order valence-electron chi connectivity index (χ4n) is 1.78. The van der Waals surface area contributed by atoms with Gasteiger partial charge in [0.2, 0.25) is 0 Å². The molecule has 0 aliphatic heterocycles. The predicted octanol–water partition coefficient (Wildman–Crippen LogP) is 2.41. The molecule has 1 aromatic rings. The maximum Gasteiger partial charge on any atom is 0.161 e. The summed E-state index contributed by atoms with van der Waals surface area (Å²) in [5, 5.41) is 10.2. The van der Waals surface area contributed by atoms with Gasteiger partial charge in [-0.05, 0) is 31.2 Å². The van der Waals surface area contributed by atoms with Crippen LogP contribution in [0.4, 0.5) is 0 Å². The number of rotatable bonds is 4. The van der Waals surface area contributed by atoms with Gasteiger partial charge in [-0.15, -0.1) is 11.8 Å². The molecule has 1 aliphatic carbocycles. The molecule has 0 aromatic heterocycles. The SMILES string of the molecule is COc1cc(SC)c(C2(O)CC2)cc1OC. The van der Waals surface area contributed by atoms with Crippen LogP contribution in [-0.2, 0) is 5.60 Å². The number of aliphatic hydroxyl groups is 1. The van der Waals surface area contributed by atoms with Gasteiger partial charge in [0.15, 0.2) is 11.5 Å². The highest BCUT2D eigenvalue weighted by molar-refractivity contribution is 7.98. The van der Waals surface area contributed by atoms with Crippen molar-refractivity contribution >= 4 is 11.8 Å². The number of hydrogen-bond donors (Lipinski definition) is 1. The Kier molecular flexibility index (Phi) is 3.04. The largest absolute Gasteiger partial charge is 0.493 e. The van der Waals surface area contributed by atoms with Crippen molar-refractivity contribution in [1.29, 1.82) is 0 Å². The van der Waals surface area contributed by atoms with Crippen LogP contribution in [0.2, 0.25) is 0 Å². The highest BCUT2D eigenvalue weighted by Gasteiger charge is 2.44. The zero-order valence-corrected chi connectivity index (χ0v) is 10.6. The van der Waals surface area contributed by atoms with Crippen molar-refractivity contribution in [2.45, 2.75) is 23.3 Å². The van der Waals surface area contributed by atoms with Crippen molar-refractivity contribution in [1.82, 2.24) is 0 Å². The van der Waals surface area contributed by atoms with Gasteiger partial charge < -0.3 is 14.6 Å². The smallest absolute Gasteiger partial charge is 0.161 e. The number of benzene rings is 1. The van der Waals surface area contributed by atoms with E-state index in [2.05, 4.69) is 0 Å². The Morgan fingerprint density at radius 1 is 1.19 bits per heavy atom. The van der Waals surface area contributed by atoms with Gasteiger partial charge in [-0.1, -0.05) is 0 Å². The van der Waals surface area contributed by atoms with E-state index in [1.54, 1.807) is 26.0 Å². The van der Waals surface area contributed by atoms with Crippen molar-refractivity contribution < 1.29 is 14.6 Å². The molecule has 0 saturated heterocycles. The molecule has 88 valence electrons. The molecule has 0 heterocycles. The Bertz CT molecular complexity index is 399. The normalized spacial score (nSPS) is 17.0. The van der Waals surface area contributed by atoms with Crippen molar-refractivity contribution in [2.24, 2.45) is 0 Å². The molecule has 0 amide bonds.